The largest absolute Gasteiger partial charge is 0.264 e. The van der Waals surface area contributed by atoms with E-state index in [2.05, 4.69) is 18.9 Å². The topological polar surface area (TPSA) is 166 Å². The number of sulfonamides is 2. The van der Waals surface area contributed by atoms with E-state index in [-0.39, 0.29) is 16.7 Å². The lowest BCUT2D eigenvalue weighted by molar-refractivity contribution is 0.593. The summed E-state index contributed by atoms with van der Waals surface area (Å²) in [6.07, 6.45) is 0. The van der Waals surface area contributed by atoms with Crippen LogP contribution in [0, 0.1) is 20.8 Å². The Balaban J connectivity index is 3.99. The van der Waals surface area contributed by atoms with E-state index in [9.17, 15) is 16.8 Å². The van der Waals surface area contributed by atoms with E-state index in [0.717, 1.165) is 0 Å². The van der Waals surface area contributed by atoms with E-state index in [0.29, 0.717) is 0 Å². The van der Waals surface area contributed by atoms with Gasteiger partial charge in [-0.25, -0.2) is 16.8 Å². The predicted molar refractivity (Wildman–Crippen MR) is 73.3 cm³/mol. The van der Waals surface area contributed by atoms with Crippen molar-refractivity contribution in [3.63, 3.8) is 0 Å². The molecule has 10 nitrogen and oxygen atoms in total. The van der Waals surface area contributed by atoms with Crippen molar-refractivity contribution in [3.05, 3.63) is 43.6 Å². The van der Waals surface area contributed by atoms with Gasteiger partial charge < -0.3 is 0 Å². The zero-order valence-corrected chi connectivity index (χ0v) is 12.8. The molecule has 0 aliphatic heterocycles. The van der Waals surface area contributed by atoms with Crippen molar-refractivity contribution in [2.75, 3.05) is 0 Å². The van der Waals surface area contributed by atoms with Crippen LogP contribution in [0.25, 0.3) is 20.9 Å². The van der Waals surface area contributed by atoms with Crippen LogP contribution in [-0.2, 0) is 20.0 Å². The van der Waals surface area contributed by atoms with Gasteiger partial charge in [-0.1, -0.05) is 6.07 Å². The lowest BCUT2D eigenvalue weighted by Gasteiger charge is -2.14. The first kappa shape index (κ1) is 16.8. The molecule has 0 radical (unpaired) electrons. The highest BCUT2D eigenvalue weighted by molar-refractivity contribution is 7.91. The normalized spacial score (nSPS) is 11.4. The molecule has 0 amide bonds. The molecule has 0 unspecified atom stereocenters. The summed E-state index contributed by atoms with van der Waals surface area (Å²) in [5, 5.41) is 0. The number of azide groups is 2. The summed E-state index contributed by atoms with van der Waals surface area (Å²) < 4.78 is 53.0. The molecule has 1 aromatic carbocycles. The standard InChI is InChI=1S/C9H10N6O4S2/c1-5-4-6(2)9(21(18,19)15-13-11)7(3)8(5)20(16,17)14-12-10/h4H,1-3H3. The molecule has 0 heterocycles. The van der Waals surface area contributed by atoms with E-state index in [1.165, 1.54) is 26.8 Å². The average Bonchev–Trinajstić information content (AvgIpc) is 2.25. The van der Waals surface area contributed by atoms with Crippen LogP contribution in [0.3, 0.4) is 0 Å². The van der Waals surface area contributed by atoms with Crippen LogP contribution in [0.4, 0.5) is 0 Å². The van der Waals surface area contributed by atoms with Crippen molar-refractivity contribution in [1.82, 2.24) is 0 Å². The van der Waals surface area contributed by atoms with E-state index < -0.39 is 29.8 Å². The minimum atomic E-state index is -4.38. The Morgan fingerprint density at radius 3 is 1.48 bits per heavy atom. The Kier molecular flexibility index (Phi) is 4.49. The van der Waals surface area contributed by atoms with Gasteiger partial charge in [-0.15, -0.1) is 0 Å². The van der Waals surface area contributed by atoms with Gasteiger partial charge in [0.25, 0.3) is 20.0 Å². The van der Waals surface area contributed by atoms with Gasteiger partial charge in [0, 0.05) is 18.9 Å². The maximum atomic E-state index is 11.9. The van der Waals surface area contributed by atoms with Gasteiger partial charge in [-0.2, -0.15) is 0 Å². The van der Waals surface area contributed by atoms with Crippen LogP contribution in [0.1, 0.15) is 16.7 Å². The fraction of sp³-hybridized carbons (Fsp3) is 0.333. The van der Waals surface area contributed by atoms with Crippen molar-refractivity contribution in [2.45, 2.75) is 30.6 Å². The van der Waals surface area contributed by atoms with Gasteiger partial charge >= 0.3 is 0 Å². The third-order valence-corrected chi connectivity index (χ3v) is 5.50. The molecule has 0 saturated carbocycles. The summed E-state index contributed by atoms with van der Waals surface area (Å²) >= 11 is 0. The maximum absolute atomic E-state index is 11.9. The number of hydrogen-bond acceptors (Lipinski definition) is 4. The molecular formula is C9H10N6O4S2. The van der Waals surface area contributed by atoms with E-state index >= 15 is 0 Å². The summed E-state index contributed by atoms with van der Waals surface area (Å²) in [5.74, 6) is 0. The van der Waals surface area contributed by atoms with Crippen LogP contribution in [0.2, 0.25) is 0 Å². The molecule has 0 bridgehead atoms. The molecule has 0 aliphatic carbocycles. The van der Waals surface area contributed by atoms with Gasteiger partial charge in [0.2, 0.25) is 0 Å². The fourth-order valence-corrected chi connectivity index (χ4v) is 4.45. The molecular weight excluding hydrogens is 320 g/mol. The second-order valence-corrected chi connectivity index (χ2v) is 7.13. The van der Waals surface area contributed by atoms with Crippen LogP contribution in [0.15, 0.2) is 24.9 Å². The minimum absolute atomic E-state index is 0.160. The zero-order valence-electron chi connectivity index (χ0n) is 11.2. The van der Waals surface area contributed by atoms with Crippen molar-refractivity contribution >= 4 is 20.0 Å². The van der Waals surface area contributed by atoms with Gasteiger partial charge in [0.15, 0.2) is 0 Å². The van der Waals surface area contributed by atoms with Gasteiger partial charge in [0.1, 0.15) is 0 Å². The molecule has 0 aromatic heterocycles. The lowest BCUT2D eigenvalue weighted by atomic mass is 10.1. The van der Waals surface area contributed by atoms with Crippen molar-refractivity contribution < 1.29 is 16.8 Å². The van der Waals surface area contributed by atoms with E-state index in [1.54, 1.807) is 0 Å². The first-order chi connectivity index (χ1) is 9.58. The molecule has 112 valence electrons. The van der Waals surface area contributed by atoms with Gasteiger partial charge in [0.05, 0.1) is 9.79 Å². The van der Waals surface area contributed by atoms with E-state index in [4.69, 9.17) is 11.1 Å². The quantitative estimate of drug-likeness (QED) is 0.470. The highest BCUT2D eigenvalue weighted by Crippen LogP contribution is 2.31. The maximum Gasteiger partial charge on any atom is 0.264 e. The highest BCUT2D eigenvalue weighted by atomic mass is 32.2. The van der Waals surface area contributed by atoms with Crippen LogP contribution < -0.4 is 0 Å². The number of nitrogens with zero attached hydrogens (tertiary/aromatic N) is 6. The summed E-state index contributed by atoms with van der Waals surface area (Å²) in [6, 6.07) is 1.30. The Labute approximate surface area is 120 Å². The molecule has 0 saturated heterocycles. The first-order valence-electron chi connectivity index (χ1n) is 5.32. The van der Waals surface area contributed by atoms with Gasteiger partial charge in [-0.05, 0) is 48.5 Å². The summed E-state index contributed by atoms with van der Waals surface area (Å²) in [5.41, 5.74) is 16.9. The molecule has 0 N–H and O–H groups in total. The number of benzene rings is 1. The van der Waals surface area contributed by atoms with Crippen molar-refractivity contribution in [2.24, 2.45) is 9.04 Å². The highest BCUT2D eigenvalue weighted by Gasteiger charge is 2.27. The smallest absolute Gasteiger partial charge is 0.216 e. The lowest BCUT2D eigenvalue weighted by Crippen LogP contribution is -2.09. The molecule has 12 heteroatoms. The Morgan fingerprint density at radius 2 is 1.19 bits per heavy atom. The molecule has 0 fully saturated rings. The SMILES string of the molecule is Cc1cc(C)c(S(=O)(=O)N=[N+]=[N-])c(C)c1S(=O)(=O)N=[N+]=[N-]. The second kappa shape index (κ2) is 5.62. The van der Waals surface area contributed by atoms with E-state index in [1.807, 2.05) is 0 Å². The third-order valence-electron chi connectivity index (χ3n) is 2.63. The number of rotatable bonds is 4. The first-order valence-corrected chi connectivity index (χ1v) is 8.20. The number of aryl methyl sites for hydroxylation is 2. The third kappa shape index (κ3) is 3.09. The molecule has 0 spiro atoms. The Morgan fingerprint density at radius 1 is 0.857 bits per heavy atom. The zero-order chi connectivity index (χ0) is 16.4. The molecule has 0 atom stereocenters. The summed E-state index contributed by atoms with van der Waals surface area (Å²) in [4.78, 5) is 3.61. The van der Waals surface area contributed by atoms with Crippen LogP contribution in [-0.4, -0.2) is 16.8 Å². The van der Waals surface area contributed by atoms with Crippen molar-refractivity contribution in [3.8, 4) is 0 Å². The molecule has 1 aromatic rings. The number of hydrogen-bond donors (Lipinski definition) is 0. The molecule has 0 aliphatic rings. The fourth-order valence-electron chi connectivity index (χ4n) is 2.12. The summed E-state index contributed by atoms with van der Waals surface area (Å²) in [6.45, 7) is 4.10. The van der Waals surface area contributed by atoms with Gasteiger partial charge in [-0.3, -0.25) is 0 Å². The summed E-state index contributed by atoms with van der Waals surface area (Å²) in [7, 11) is -8.75. The molecule has 21 heavy (non-hydrogen) atoms. The van der Waals surface area contributed by atoms with Crippen LogP contribution >= 0.6 is 0 Å². The predicted octanol–water partition coefficient (Wildman–Crippen LogP) is 2.61. The second-order valence-electron chi connectivity index (χ2n) is 4.09. The van der Waals surface area contributed by atoms with Crippen molar-refractivity contribution in [1.29, 1.82) is 0 Å². The Hall–Kier alpha value is -2.26. The van der Waals surface area contributed by atoms with Crippen LogP contribution in [0.5, 0.6) is 0 Å². The minimum Gasteiger partial charge on any atom is -0.216 e. The molecule has 1 rings (SSSR count). The monoisotopic (exact) mass is 330 g/mol. The Bertz CT molecular complexity index is 834. The average molecular weight is 330 g/mol.